The number of aliphatic carboxylic acids is 1. The van der Waals surface area contributed by atoms with Gasteiger partial charge in [0.2, 0.25) is 0 Å². The standard InChI is InChI=1S/C2H5NO2.Mo.H3P.V/c3-1-2(4)5;;;/h1,3H2,(H,4,5);;1H3;. The Kier molecular flexibility index (Phi) is 45.0. The van der Waals surface area contributed by atoms with Crippen LogP contribution in [0, 0.1) is 0 Å². The largest absolute Gasteiger partial charge is 0.480 e. The molecule has 0 aromatic heterocycles. The van der Waals surface area contributed by atoms with E-state index >= 15 is 0 Å². The van der Waals surface area contributed by atoms with E-state index < -0.39 is 5.97 Å². The molecule has 1 atom stereocenters. The number of carbonyl (C=O) groups is 1. The van der Waals surface area contributed by atoms with Crippen LogP contribution in [0.3, 0.4) is 0 Å². The van der Waals surface area contributed by atoms with Crippen molar-refractivity contribution in [2.75, 3.05) is 6.54 Å². The van der Waals surface area contributed by atoms with Gasteiger partial charge >= 0.3 is 5.97 Å². The molecule has 3 nitrogen and oxygen atoms in total. The van der Waals surface area contributed by atoms with E-state index in [0.29, 0.717) is 0 Å². The summed E-state index contributed by atoms with van der Waals surface area (Å²) in [4.78, 5) is 9.24. The third kappa shape index (κ3) is 27.3. The molecule has 0 saturated heterocycles. The average molecular weight is 256 g/mol. The molecule has 0 aromatic rings. The molecule has 0 heterocycles. The zero-order valence-corrected chi connectivity index (χ0v) is 9.02. The first-order chi connectivity index (χ1) is 2.27. The average Bonchev–Trinajstić information content (AvgIpc) is 1.38. The van der Waals surface area contributed by atoms with Crippen LogP contribution in [0.4, 0.5) is 0 Å². The maximum Gasteiger partial charge on any atom is 0.317 e. The normalized spacial score (nSPS) is 4.62. The van der Waals surface area contributed by atoms with Crippen molar-refractivity contribution >= 4 is 15.9 Å². The minimum absolute atomic E-state index is 0. The van der Waals surface area contributed by atoms with Gasteiger partial charge in [0.15, 0.2) is 0 Å². The minimum Gasteiger partial charge on any atom is -0.480 e. The smallest absolute Gasteiger partial charge is 0.317 e. The van der Waals surface area contributed by atoms with E-state index in [9.17, 15) is 4.79 Å². The van der Waals surface area contributed by atoms with E-state index in [1.165, 1.54) is 0 Å². The molecular formula is C2H8MoNO2PV. The van der Waals surface area contributed by atoms with Gasteiger partial charge in [0, 0.05) is 39.6 Å². The summed E-state index contributed by atoms with van der Waals surface area (Å²) in [6, 6.07) is 0. The molecule has 0 saturated carbocycles. The number of carboxylic acids is 1. The van der Waals surface area contributed by atoms with Gasteiger partial charge in [0.25, 0.3) is 0 Å². The molecule has 0 aliphatic rings. The maximum atomic E-state index is 9.24. The van der Waals surface area contributed by atoms with Crippen molar-refractivity contribution in [3.05, 3.63) is 0 Å². The Morgan fingerprint density at radius 3 is 1.75 bits per heavy atom. The van der Waals surface area contributed by atoms with E-state index in [2.05, 4.69) is 5.73 Å². The zero-order chi connectivity index (χ0) is 4.28. The Labute approximate surface area is 77.5 Å². The second-order valence-corrected chi connectivity index (χ2v) is 0.598. The van der Waals surface area contributed by atoms with Crippen LogP contribution < -0.4 is 5.73 Å². The van der Waals surface area contributed by atoms with Gasteiger partial charge in [-0.3, -0.25) is 4.79 Å². The second-order valence-electron chi connectivity index (χ2n) is 0.598. The number of rotatable bonds is 1. The molecule has 0 aliphatic carbocycles. The van der Waals surface area contributed by atoms with E-state index in [4.69, 9.17) is 5.11 Å². The molecule has 0 bridgehead atoms. The first-order valence-corrected chi connectivity index (χ1v) is 1.19. The fraction of sp³-hybridized carbons (Fsp3) is 0.500. The monoisotopic (exact) mass is 258 g/mol. The van der Waals surface area contributed by atoms with Gasteiger partial charge in [-0.2, -0.15) is 9.90 Å². The van der Waals surface area contributed by atoms with Gasteiger partial charge in [-0.1, -0.05) is 0 Å². The molecule has 3 N–H and O–H groups in total. The summed E-state index contributed by atoms with van der Waals surface area (Å²) in [7, 11) is 0. The van der Waals surface area contributed by atoms with Crippen molar-refractivity contribution < 1.29 is 49.5 Å². The summed E-state index contributed by atoms with van der Waals surface area (Å²) in [5.41, 5.74) is 4.57. The van der Waals surface area contributed by atoms with Crippen molar-refractivity contribution in [2.24, 2.45) is 5.73 Å². The molecular weight excluding hydrogens is 248 g/mol. The SMILES string of the molecule is NCC(=O)O.P.[Mo].[V]. The summed E-state index contributed by atoms with van der Waals surface area (Å²) in [5.74, 6) is -0.968. The van der Waals surface area contributed by atoms with Crippen LogP contribution in [0.15, 0.2) is 0 Å². The Bertz CT molecular complexity index is 55.3. The molecule has 8 heavy (non-hydrogen) atoms. The van der Waals surface area contributed by atoms with Crippen molar-refractivity contribution in [2.45, 2.75) is 0 Å². The number of hydrogen-bond donors (Lipinski definition) is 2. The number of carboxylic acid groups (broad SMARTS) is 1. The van der Waals surface area contributed by atoms with Crippen molar-refractivity contribution in [1.29, 1.82) is 0 Å². The van der Waals surface area contributed by atoms with E-state index in [1.807, 2.05) is 0 Å². The molecule has 0 fully saturated rings. The molecule has 49 valence electrons. The fourth-order valence-electron chi connectivity index (χ4n) is 0. The quantitative estimate of drug-likeness (QED) is 0.471. The molecule has 0 spiro atoms. The van der Waals surface area contributed by atoms with Gasteiger partial charge in [0.1, 0.15) is 0 Å². The summed E-state index contributed by atoms with van der Waals surface area (Å²) >= 11 is 0. The topological polar surface area (TPSA) is 63.3 Å². The minimum atomic E-state index is -0.968. The van der Waals surface area contributed by atoms with Gasteiger partial charge < -0.3 is 10.8 Å². The van der Waals surface area contributed by atoms with E-state index in [1.54, 1.807) is 0 Å². The van der Waals surface area contributed by atoms with Crippen LogP contribution >= 0.6 is 9.90 Å². The van der Waals surface area contributed by atoms with E-state index in [-0.39, 0.29) is 56.1 Å². The molecule has 0 aliphatic heterocycles. The molecule has 1 unspecified atom stereocenters. The van der Waals surface area contributed by atoms with Crippen LogP contribution in [0.1, 0.15) is 0 Å². The van der Waals surface area contributed by atoms with Crippen LogP contribution in [0.5, 0.6) is 0 Å². The summed E-state index contributed by atoms with van der Waals surface area (Å²) in [5, 5.41) is 7.60. The Balaban J connectivity index is -0.0000000267. The van der Waals surface area contributed by atoms with Crippen molar-refractivity contribution in [3.8, 4) is 0 Å². The molecule has 0 amide bonds. The van der Waals surface area contributed by atoms with Crippen LogP contribution in [-0.2, 0) is 44.4 Å². The summed E-state index contributed by atoms with van der Waals surface area (Å²) in [6.45, 7) is -0.278. The van der Waals surface area contributed by atoms with Crippen molar-refractivity contribution in [3.63, 3.8) is 0 Å². The van der Waals surface area contributed by atoms with Crippen LogP contribution in [0.2, 0.25) is 0 Å². The van der Waals surface area contributed by atoms with Gasteiger partial charge in [-0.05, 0) is 0 Å². The van der Waals surface area contributed by atoms with Gasteiger partial charge in [0.05, 0.1) is 6.54 Å². The van der Waals surface area contributed by atoms with E-state index in [0.717, 1.165) is 0 Å². The number of nitrogens with two attached hydrogens (primary N) is 1. The zero-order valence-electron chi connectivity index (χ0n) is 4.20. The summed E-state index contributed by atoms with van der Waals surface area (Å²) in [6.07, 6.45) is 0. The molecule has 6 heteroatoms. The summed E-state index contributed by atoms with van der Waals surface area (Å²) < 4.78 is 0. The second kappa shape index (κ2) is 15.7. The predicted molar refractivity (Wildman–Crippen MR) is 27.8 cm³/mol. The van der Waals surface area contributed by atoms with Crippen LogP contribution in [0.25, 0.3) is 0 Å². The molecule has 0 aromatic carbocycles. The Morgan fingerprint density at radius 2 is 1.75 bits per heavy atom. The van der Waals surface area contributed by atoms with Crippen LogP contribution in [-0.4, -0.2) is 17.6 Å². The Morgan fingerprint density at radius 1 is 1.62 bits per heavy atom. The van der Waals surface area contributed by atoms with Crippen molar-refractivity contribution in [1.82, 2.24) is 0 Å². The van der Waals surface area contributed by atoms with Gasteiger partial charge in [-0.15, -0.1) is 0 Å². The van der Waals surface area contributed by atoms with Gasteiger partial charge in [-0.25, -0.2) is 0 Å². The third-order valence-corrected chi connectivity index (χ3v) is 0.175. The number of hydrogen-bond acceptors (Lipinski definition) is 2. The third-order valence-electron chi connectivity index (χ3n) is 0.175. The molecule has 0 rings (SSSR count). The first-order valence-electron chi connectivity index (χ1n) is 1.19. The molecule has 1 radical (unpaired) electrons. The first kappa shape index (κ1) is 22.9. The fourth-order valence-corrected chi connectivity index (χ4v) is 0. The maximum absolute atomic E-state index is 9.24. The predicted octanol–water partition coefficient (Wildman–Crippen LogP) is -0.917. The Hall–Kier alpha value is 1.13.